The first kappa shape index (κ1) is 19.2. The van der Waals surface area contributed by atoms with Gasteiger partial charge in [0.05, 0.1) is 0 Å². The number of hydrogen-bond donors (Lipinski definition) is 1. The van der Waals surface area contributed by atoms with Crippen LogP contribution >= 0.6 is 0 Å². The van der Waals surface area contributed by atoms with Crippen LogP contribution in [0.15, 0.2) is 54.6 Å². The second-order valence-electron chi connectivity index (χ2n) is 7.72. The lowest BCUT2D eigenvalue weighted by atomic mass is 10.1. The van der Waals surface area contributed by atoms with E-state index in [4.69, 9.17) is 4.98 Å². The standard InChI is InChI=1S/C24H29N5/c1-18-8-7-11-22(20(18)3)28-12-14-29(15-13-28)23-16-19(2)26-24(27-23)25-17-21-9-5-4-6-10-21/h4-11,16H,12-15,17H2,1-3H3,(H,25,26,27). The van der Waals surface area contributed by atoms with Crippen molar-refractivity contribution in [2.75, 3.05) is 41.3 Å². The number of aryl methyl sites for hydroxylation is 2. The third-order valence-electron chi connectivity index (χ3n) is 5.65. The summed E-state index contributed by atoms with van der Waals surface area (Å²) in [6, 6.07) is 19.0. The summed E-state index contributed by atoms with van der Waals surface area (Å²) in [5.74, 6) is 1.70. The van der Waals surface area contributed by atoms with E-state index in [1.54, 1.807) is 0 Å². The lowest BCUT2D eigenvalue weighted by molar-refractivity contribution is 0.645. The van der Waals surface area contributed by atoms with Gasteiger partial charge in [0.1, 0.15) is 5.82 Å². The van der Waals surface area contributed by atoms with Gasteiger partial charge in [-0.2, -0.15) is 4.98 Å². The van der Waals surface area contributed by atoms with E-state index in [1.807, 2.05) is 13.0 Å². The van der Waals surface area contributed by atoms with Crippen LogP contribution in [0.5, 0.6) is 0 Å². The number of aromatic nitrogens is 2. The summed E-state index contributed by atoms with van der Waals surface area (Å²) in [4.78, 5) is 14.2. The average molecular weight is 388 g/mol. The van der Waals surface area contributed by atoms with Gasteiger partial charge in [-0.15, -0.1) is 0 Å². The number of anilines is 3. The largest absolute Gasteiger partial charge is 0.368 e. The molecule has 1 aromatic heterocycles. The van der Waals surface area contributed by atoms with Crippen LogP contribution in [0.2, 0.25) is 0 Å². The first-order valence-corrected chi connectivity index (χ1v) is 10.3. The number of piperazine rings is 1. The Morgan fingerprint density at radius 2 is 1.55 bits per heavy atom. The highest BCUT2D eigenvalue weighted by Crippen LogP contribution is 2.25. The van der Waals surface area contributed by atoms with Crippen molar-refractivity contribution in [3.8, 4) is 0 Å². The zero-order valence-electron chi connectivity index (χ0n) is 17.5. The van der Waals surface area contributed by atoms with E-state index in [0.29, 0.717) is 5.95 Å². The Bertz CT molecular complexity index is 962. The van der Waals surface area contributed by atoms with Crippen molar-refractivity contribution >= 4 is 17.5 Å². The van der Waals surface area contributed by atoms with Gasteiger partial charge in [-0.25, -0.2) is 4.98 Å². The van der Waals surface area contributed by atoms with E-state index in [9.17, 15) is 0 Å². The fourth-order valence-corrected chi connectivity index (χ4v) is 3.82. The molecular formula is C24H29N5. The fraction of sp³-hybridized carbons (Fsp3) is 0.333. The maximum atomic E-state index is 4.79. The third-order valence-corrected chi connectivity index (χ3v) is 5.65. The van der Waals surface area contributed by atoms with E-state index >= 15 is 0 Å². The molecule has 0 atom stereocenters. The Balaban J connectivity index is 1.43. The Morgan fingerprint density at radius 1 is 0.828 bits per heavy atom. The Hall–Kier alpha value is -3.08. The van der Waals surface area contributed by atoms with Crippen molar-refractivity contribution in [3.63, 3.8) is 0 Å². The molecule has 4 rings (SSSR count). The normalized spacial score (nSPS) is 14.2. The molecule has 150 valence electrons. The Kier molecular flexibility index (Phi) is 5.65. The molecule has 1 saturated heterocycles. The van der Waals surface area contributed by atoms with Gasteiger partial charge in [0.2, 0.25) is 5.95 Å². The summed E-state index contributed by atoms with van der Waals surface area (Å²) in [7, 11) is 0. The minimum atomic E-state index is 0.695. The summed E-state index contributed by atoms with van der Waals surface area (Å²) in [5, 5.41) is 3.37. The van der Waals surface area contributed by atoms with Crippen LogP contribution in [-0.4, -0.2) is 36.1 Å². The molecule has 5 heteroatoms. The molecule has 29 heavy (non-hydrogen) atoms. The molecule has 0 spiro atoms. The Labute approximate surface area is 173 Å². The van der Waals surface area contributed by atoms with E-state index in [-0.39, 0.29) is 0 Å². The molecule has 0 radical (unpaired) electrons. The van der Waals surface area contributed by atoms with Crippen molar-refractivity contribution in [1.29, 1.82) is 0 Å². The van der Waals surface area contributed by atoms with Crippen LogP contribution in [0.25, 0.3) is 0 Å². The molecule has 2 aromatic carbocycles. The summed E-state index contributed by atoms with van der Waals surface area (Å²) >= 11 is 0. The highest BCUT2D eigenvalue weighted by atomic mass is 15.3. The number of nitrogens with one attached hydrogen (secondary N) is 1. The predicted molar refractivity (Wildman–Crippen MR) is 121 cm³/mol. The van der Waals surface area contributed by atoms with Crippen molar-refractivity contribution in [1.82, 2.24) is 9.97 Å². The maximum Gasteiger partial charge on any atom is 0.225 e. The van der Waals surface area contributed by atoms with Crippen molar-refractivity contribution in [3.05, 3.63) is 77.0 Å². The van der Waals surface area contributed by atoms with Gasteiger partial charge in [0, 0.05) is 50.2 Å². The number of nitrogens with zero attached hydrogens (tertiary/aromatic N) is 4. The lowest BCUT2D eigenvalue weighted by Gasteiger charge is -2.37. The van der Waals surface area contributed by atoms with Crippen molar-refractivity contribution in [2.24, 2.45) is 0 Å². The molecule has 0 bridgehead atoms. The van der Waals surface area contributed by atoms with Crippen molar-refractivity contribution in [2.45, 2.75) is 27.3 Å². The monoisotopic (exact) mass is 387 g/mol. The molecule has 0 aliphatic carbocycles. The molecule has 1 N–H and O–H groups in total. The van der Waals surface area contributed by atoms with Gasteiger partial charge in [-0.05, 0) is 43.5 Å². The van der Waals surface area contributed by atoms with Gasteiger partial charge in [-0.3, -0.25) is 0 Å². The van der Waals surface area contributed by atoms with Gasteiger partial charge in [0.15, 0.2) is 0 Å². The molecule has 3 aromatic rings. The summed E-state index contributed by atoms with van der Waals surface area (Å²) in [6.07, 6.45) is 0. The van der Waals surface area contributed by atoms with Crippen LogP contribution in [0.1, 0.15) is 22.4 Å². The molecule has 1 fully saturated rings. The van der Waals surface area contributed by atoms with E-state index < -0.39 is 0 Å². The minimum absolute atomic E-state index is 0.695. The SMILES string of the molecule is Cc1cc(N2CCN(c3cccc(C)c3C)CC2)nc(NCc2ccccc2)n1. The molecule has 1 aliphatic heterocycles. The number of benzene rings is 2. The topological polar surface area (TPSA) is 44.3 Å². The fourth-order valence-electron chi connectivity index (χ4n) is 3.82. The molecule has 2 heterocycles. The number of rotatable bonds is 5. The maximum absolute atomic E-state index is 4.79. The third kappa shape index (κ3) is 4.50. The molecule has 1 aliphatic rings. The van der Waals surface area contributed by atoms with Gasteiger partial charge in [0.25, 0.3) is 0 Å². The van der Waals surface area contributed by atoms with Crippen LogP contribution in [-0.2, 0) is 6.54 Å². The first-order chi connectivity index (χ1) is 14.1. The molecule has 0 unspecified atom stereocenters. The lowest BCUT2D eigenvalue weighted by Crippen LogP contribution is -2.47. The second-order valence-corrected chi connectivity index (χ2v) is 7.72. The smallest absolute Gasteiger partial charge is 0.225 e. The van der Waals surface area contributed by atoms with Gasteiger partial charge in [-0.1, -0.05) is 42.5 Å². The van der Waals surface area contributed by atoms with Gasteiger partial charge >= 0.3 is 0 Å². The highest BCUT2D eigenvalue weighted by molar-refractivity contribution is 5.57. The summed E-state index contributed by atoms with van der Waals surface area (Å²) < 4.78 is 0. The van der Waals surface area contributed by atoms with E-state index in [1.165, 1.54) is 22.4 Å². The predicted octanol–water partition coefficient (Wildman–Crippen LogP) is 4.34. The summed E-state index contributed by atoms with van der Waals surface area (Å²) in [6.45, 7) is 11.1. The van der Waals surface area contributed by atoms with Gasteiger partial charge < -0.3 is 15.1 Å². The molecular weight excluding hydrogens is 358 g/mol. The average Bonchev–Trinajstić information content (AvgIpc) is 2.75. The summed E-state index contributed by atoms with van der Waals surface area (Å²) in [5.41, 5.74) is 6.30. The number of hydrogen-bond acceptors (Lipinski definition) is 5. The van der Waals surface area contributed by atoms with Crippen LogP contribution in [0, 0.1) is 20.8 Å². The van der Waals surface area contributed by atoms with E-state index in [0.717, 1.165) is 44.2 Å². The van der Waals surface area contributed by atoms with Crippen molar-refractivity contribution < 1.29 is 0 Å². The van der Waals surface area contributed by atoms with Crippen LogP contribution < -0.4 is 15.1 Å². The minimum Gasteiger partial charge on any atom is -0.368 e. The highest BCUT2D eigenvalue weighted by Gasteiger charge is 2.20. The molecule has 0 amide bonds. The van der Waals surface area contributed by atoms with Crippen LogP contribution in [0.3, 0.4) is 0 Å². The Morgan fingerprint density at radius 3 is 2.31 bits per heavy atom. The quantitative estimate of drug-likeness (QED) is 0.705. The van der Waals surface area contributed by atoms with Crippen LogP contribution in [0.4, 0.5) is 17.5 Å². The molecule has 0 saturated carbocycles. The van der Waals surface area contributed by atoms with E-state index in [2.05, 4.69) is 82.5 Å². The molecule has 5 nitrogen and oxygen atoms in total. The second kappa shape index (κ2) is 8.52. The zero-order valence-corrected chi connectivity index (χ0v) is 17.5. The first-order valence-electron chi connectivity index (χ1n) is 10.3. The zero-order chi connectivity index (χ0) is 20.2.